The molecule has 2 fully saturated rings. The number of thiazole rings is 1. The minimum atomic E-state index is -0.687. The summed E-state index contributed by atoms with van der Waals surface area (Å²) in [6.45, 7) is 1.04. The van der Waals surface area contributed by atoms with Crippen molar-refractivity contribution in [2.45, 2.75) is 30.3 Å². The second-order valence-electron chi connectivity index (χ2n) is 7.97. The highest BCUT2D eigenvalue weighted by Crippen LogP contribution is 2.53. The summed E-state index contributed by atoms with van der Waals surface area (Å²) in [4.78, 5) is 32.4. The van der Waals surface area contributed by atoms with Crippen molar-refractivity contribution in [3.05, 3.63) is 64.7 Å². The molecule has 3 aromatic rings. The number of carbonyl (C=O) groups is 2. The number of ether oxygens (including phenoxy) is 1. The van der Waals surface area contributed by atoms with Crippen molar-refractivity contribution in [2.75, 3.05) is 13.1 Å². The fourth-order valence-corrected chi connectivity index (χ4v) is 5.83. The quantitative estimate of drug-likeness (QED) is 0.627. The van der Waals surface area contributed by atoms with Crippen molar-refractivity contribution in [1.82, 2.24) is 9.88 Å². The zero-order valence-corrected chi connectivity index (χ0v) is 16.0. The summed E-state index contributed by atoms with van der Waals surface area (Å²) in [6.07, 6.45) is 2.33. The lowest BCUT2D eigenvalue weighted by Gasteiger charge is -2.26. The molecule has 3 aliphatic rings. The Morgan fingerprint density at radius 3 is 2.68 bits per heavy atom. The molecule has 1 atom stereocenters. The van der Waals surface area contributed by atoms with Crippen LogP contribution in [0.15, 0.2) is 48.5 Å². The van der Waals surface area contributed by atoms with Crippen molar-refractivity contribution in [1.29, 1.82) is 0 Å². The third-order valence-corrected chi connectivity index (χ3v) is 7.55. The molecular weight excluding hydrogens is 372 g/mol. The summed E-state index contributed by atoms with van der Waals surface area (Å²) in [5, 5.41) is 0.920. The molecule has 140 valence electrons. The molecule has 5 nitrogen and oxygen atoms in total. The van der Waals surface area contributed by atoms with Gasteiger partial charge in [0, 0.05) is 18.5 Å². The van der Waals surface area contributed by atoms with E-state index in [-0.39, 0.29) is 11.9 Å². The van der Waals surface area contributed by atoms with Gasteiger partial charge in [0.05, 0.1) is 22.3 Å². The number of aromatic nitrogens is 1. The highest BCUT2D eigenvalue weighted by atomic mass is 32.1. The maximum absolute atomic E-state index is 13.5. The minimum Gasteiger partial charge on any atom is -0.449 e. The first-order chi connectivity index (χ1) is 13.6. The van der Waals surface area contributed by atoms with Crippen molar-refractivity contribution in [3.8, 4) is 0 Å². The van der Waals surface area contributed by atoms with E-state index in [1.54, 1.807) is 17.4 Å². The lowest BCUT2D eigenvalue weighted by Crippen LogP contribution is -2.40. The average molecular weight is 390 g/mol. The summed E-state index contributed by atoms with van der Waals surface area (Å²) in [5.74, 6) is -0.152. The summed E-state index contributed by atoms with van der Waals surface area (Å²) < 4.78 is 6.92. The van der Waals surface area contributed by atoms with E-state index in [4.69, 9.17) is 9.72 Å². The van der Waals surface area contributed by atoms with Crippen LogP contribution < -0.4 is 0 Å². The molecule has 0 N–H and O–H groups in total. The Hall–Kier alpha value is -2.73. The number of rotatable bonds is 2. The van der Waals surface area contributed by atoms with Gasteiger partial charge in [-0.2, -0.15) is 0 Å². The van der Waals surface area contributed by atoms with Crippen LogP contribution in [-0.2, 0) is 20.5 Å². The van der Waals surface area contributed by atoms with E-state index in [1.165, 1.54) is 0 Å². The van der Waals surface area contributed by atoms with Crippen LogP contribution in [0.2, 0.25) is 0 Å². The highest BCUT2D eigenvalue weighted by molar-refractivity contribution is 7.18. The predicted molar refractivity (Wildman–Crippen MR) is 105 cm³/mol. The standard InChI is InChI=1S/C22H18N2O3S/c25-18-14-5-1-2-6-15(14)22(27-18)11-12-24(13-22)20(26)21(9-10-21)19-23-16-7-3-4-8-17(16)28-19/h1-8H,9-13H2. The predicted octanol–water partition coefficient (Wildman–Crippen LogP) is 3.63. The average Bonchev–Trinajstić information content (AvgIpc) is 3.11. The van der Waals surface area contributed by atoms with Gasteiger partial charge in [0.15, 0.2) is 5.60 Å². The molecular formula is C22H18N2O3S. The third kappa shape index (κ3) is 2.09. The SMILES string of the molecule is O=C1OC2(CCN(C(=O)C3(c4nc5ccccc5s4)CC3)C2)c2ccccc21. The van der Waals surface area contributed by atoms with Gasteiger partial charge in [0.25, 0.3) is 0 Å². The summed E-state index contributed by atoms with van der Waals surface area (Å²) >= 11 is 1.62. The van der Waals surface area contributed by atoms with Gasteiger partial charge in [-0.25, -0.2) is 9.78 Å². The van der Waals surface area contributed by atoms with Crippen molar-refractivity contribution in [3.63, 3.8) is 0 Å². The number of likely N-dealkylation sites (tertiary alicyclic amines) is 1. The number of hydrogen-bond donors (Lipinski definition) is 0. The van der Waals surface area contributed by atoms with E-state index in [0.717, 1.165) is 33.6 Å². The Kier molecular flexibility index (Phi) is 3.14. The van der Waals surface area contributed by atoms with Gasteiger partial charge in [-0.3, -0.25) is 4.79 Å². The molecule has 1 spiro atoms. The Labute approximate surface area is 165 Å². The lowest BCUT2D eigenvalue weighted by molar-refractivity contribution is -0.134. The monoisotopic (exact) mass is 390 g/mol. The Balaban J connectivity index is 1.32. The molecule has 2 aromatic carbocycles. The van der Waals surface area contributed by atoms with E-state index in [1.807, 2.05) is 41.3 Å². The van der Waals surface area contributed by atoms with Gasteiger partial charge in [0.1, 0.15) is 10.4 Å². The van der Waals surface area contributed by atoms with Gasteiger partial charge in [0.2, 0.25) is 5.91 Å². The molecule has 0 radical (unpaired) electrons. The minimum absolute atomic E-state index is 0.129. The molecule has 28 heavy (non-hydrogen) atoms. The zero-order valence-electron chi connectivity index (χ0n) is 15.2. The summed E-state index contributed by atoms with van der Waals surface area (Å²) in [7, 11) is 0. The molecule has 1 aromatic heterocycles. The first-order valence-corrected chi connectivity index (χ1v) is 10.4. The lowest BCUT2D eigenvalue weighted by atomic mass is 9.91. The van der Waals surface area contributed by atoms with Crippen LogP contribution in [0.4, 0.5) is 0 Å². The number of para-hydroxylation sites is 1. The molecule has 6 rings (SSSR count). The number of amides is 1. The highest BCUT2D eigenvalue weighted by Gasteiger charge is 2.59. The number of fused-ring (bicyclic) bond motifs is 3. The number of carbonyl (C=O) groups excluding carboxylic acids is 2. The summed E-state index contributed by atoms with van der Waals surface area (Å²) in [5.41, 5.74) is 1.33. The number of benzene rings is 2. The Morgan fingerprint density at radius 1 is 1.07 bits per heavy atom. The number of nitrogens with zero attached hydrogens (tertiary/aromatic N) is 2. The molecule has 1 unspecified atom stereocenters. The summed E-state index contributed by atoms with van der Waals surface area (Å²) in [6, 6.07) is 15.6. The smallest absolute Gasteiger partial charge is 0.339 e. The molecule has 1 amide bonds. The molecule has 1 saturated heterocycles. The van der Waals surface area contributed by atoms with Gasteiger partial charge in [-0.15, -0.1) is 11.3 Å². The van der Waals surface area contributed by atoms with Crippen molar-refractivity contribution >= 4 is 33.4 Å². The number of hydrogen-bond acceptors (Lipinski definition) is 5. The van der Waals surface area contributed by atoms with E-state index < -0.39 is 11.0 Å². The molecule has 3 heterocycles. The zero-order chi connectivity index (χ0) is 18.9. The molecule has 0 bridgehead atoms. The Morgan fingerprint density at radius 2 is 1.86 bits per heavy atom. The molecule has 6 heteroatoms. The second kappa shape index (κ2) is 5.41. The van der Waals surface area contributed by atoms with Crippen LogP contribution in [0.3, 0.4) is 0 Å². The molecule has 2 aliphatic heterocycles. The first-order valence-electron chi connectivity index (χ1n) is 9.60. The topological polar surface area (TPSA) is 59.5 Å². The van der Waals surface area contributed by atoms with Gasteiger partial charge < -0.3 is 9.64 Å². The maximum Gasteiger partial charge on any atom is 0.339 e. The fourth-order valence-electron chi connectivity index (χ4n) is 4.63. The van der Waals surface area contributed by atoms with E-state index in [2.05, 4.69) is 6.07 Å². The Bertz CT molecular complexity index is 1120. The maximum atomic E-state index is 13.5. The van der Waals surface area contributed by atoms with Crippen LogP contribution in [0.5, 0.6) is 0 Å². The van der Waals surface area contributed by atoms with Crippen LogP contribution in [0, 0.1) is 0 Å². The second-order valence-corrected chi connectivity index (χ2v) is 9.01. The van der Waals surface area contributed by atoms with Gasteiger partial charge >= 0.3 is 5.97 Å². The van der Waals surface area contributed by atoms with Crippen LogP contribution in [0.1, 0.15) is 40.2 Å². The van der Waals surface area contributed by atoms with E-state index >= 15 is 0 Å². The van der Waals surface area contributed by atoms with E-state index in [0.29, 0.717) is 25.1 Å². The van der Waals surface area contributed by atoms with Gasteiger partial charge in [-0.1, -0.05) is 30.3 Å². The van der Waals surface area contributed by atoms with Crippen molar-refractivity contribution < 1.29 is 14.3 Å². The molecule has 1 aliphatic carbocycles. The normalized spacial score (nSPS) is 24.6. The third-order valence-electron chi connectivity index (χ3n) is 6.31. The number of esters is 1. The van der Waals surface area contributed by atoms with E-state index in [9.17, 15) is 9.59 Å². The van der Waals surface area contributed by atoms with Crippen LogP contribution in [0.25, 0.3) is 10.2 Å². The van der Waals surface area contributed by atoms with Crippen LogP contribution in [-0.4, -0.2) is 34.8 Å². The molecule has 1 saturated carbocycles. The largest absolute Gasteiger partial charge is 0.449 e. The van der Waals surface area contributed by atoms with Crippen LogP contribution >= 0.6 is 11.3 Å². The fraction of sp³-hybridized carbons (Fsp3) is 0.318. The van der Waals surface area contributed by atoms with Crippen molar-refractivity contribution in [2.24, 2.45) is 0 Å². The first kappa shape index (κ1) is 16.2. The van der Waals surface area contributed by atoms with Gasteiger partial charge in [-0.05, 0) is 31.0 Å².